The largest absolute Gasteiger partial charge is 0.457 e. The molecule has 2 N–H and O–H groups in total. The third-order valence-electron chi connectivity index (χ3n) is 4.08. The molecule has 0 saturated heterocycles. The predicted molar refractivity (Wildman–Crippen MR) is 98.2 cm³/mol. The van der Waals surface area contributed by atoms with Crippen molar-refractivity contribution < 1.29 is 29.3 Å². The molecule has 0 aromatic carbocycles. The highest BCUT2D eigenvalue weighted by Gasteiger charge is 2.32. The first-order chi connectivity index (χ1) is 12.5. The zero-order valence-electron chi connectivity index (χ0n) is 15.5. The van der Waals surface area contributed by atoms with E-state index in [1.54, 1.807) is 18.2 Å². The molecule has 0 spiro atoms. The number of allylic oxidation sites excluding steroid dienone is 4. The van der Waals surface area contributed by atoms with E-state index in [1.807, 2.05) is 13.8 Å². The zero-order chi connectivity index (χ0) is 19.4. The van der Waals surface area contributed by atoms with Gasteiger partial charge in [0, 0.05) is 6.08 Å². The van der Waals surface area contributed by atoms with Gasteiger partial charge in [0.25, 0.3) is 0 Å². The van der Waals surface area contributed by atoms with Crippen LogP contribution in [0.5, 0.6) is 0 Å². The Morgan fingerprint density at radius 1 is 1.35 bits per heavy atom. The van der Waals surface area contributed by atoms with Crippen molar-refractivity contribution in [3.05, 3.63) is 36.5 Å². The number of unbranched alkanes of at least 4 members (excludes halogenated alkanes) is 2. The first-order valence-electron chi connectivity index (χ1n) is 9.22. The molecule has 1 rings (SSSR count). The lowest BCUT2D eigenvalue weighted by Crippen LogP contribution is -2.42. The Balaban J connectivity index is 2.83. The lowest BCUT2D eigenvalue weighted by atomic mass is 10.00. The number of aliphatic hydroxyl groups is 2. The quantitative estimate of drug-likeness (QED) is 0.236. The molecule has 4 atom stereocenters. The molecule has 1 heterocycles. The van der Waals surface area contributed by atoms with Crippen molar-refractivity contribution in [2.45, 2.75) is 76.8 Å². The molecule has 0 saturated carbocycles. The molecule has 26 heavy (non-hydrogen) atoms. The normalized spacial score (nSPS) is 28.8. The fraction of sp³-hybridized carbons (Fsp3) is 0.600. The van der Waals surface area contributed by atoms with E-state index in [0.717, 1.165) is 19.3 Å². The summed E-state index contributed by atoms with van der Waals surface area (Å²) in [5.41, 5.74) is 0. The van der Waals surface area contributed by atoms with Crippen molar-refractivity contribution in [1.29, 1.82) is 0 Å². The van der Waals surface area contributed by atoms with Gasteiger partial charge in [-0.15, -0.1) is 0 Å². The second-order valence-corrected chi connectivity index (χ2v) is 6.27. The number of hydrogen-bond acceptors (Lipinski definition) is 6. The highest BCUT2D eigenvalue weighted by molar-refractivity contribution is 5.85. The van der Waals surface area contributed by atoms with Gasteiger partial charge in [-0.2, -0.15) is 0 Å². The number of hydrogen-bond donors (Lipinski definition) is 2. The summed E-state index contributed by atoms with van der Waals surface area (Å²) >= 11 is 0. The Kier molecular flexibility index (Phi) is 10.6. The van der Waals surface area contributed by atoms with Gasteiger partial charge in [-0.25, -0.2) is 9.59 Å². The Bertz CT molecular complexity index is 522. The second kappa shape index (κ2) is 12.4. The summed E-state index contributed by atoms with van der Waals surface area (Å²) in [4.78, 5) is 24.3. The monoisotopic (exact) mass is 366 g/mol. The Hall–Kier alpha value is -1.92. The number of rotatable bonds is 7. The van der Waals surface area contributed by atoms with E-state index in [-0.39, 0.29) is 6.42 Å². The molecule has 0 unspecified atom stereocenters. The smallest absolute Gasteiger partial charge is 0.347 e. The molecule has 146 valence electrons. The van der Waals surface area contributed by atoms with Gasteiger partial charge in [-0.3, -0.25) is 0 Å². The van der Waals surface area contributed by atoms with Crippen LogP contribution >= 0.6 is 0 Å². The van der Waals surface area contributed by atoms with E-state index in [0.29, 0.717) is 12.8 Å². The van der Waals surface area contributed by atoms with Crippen molar-refractivity contribution >= 4 is 11.9 Å². The summed E-state index contributed by atoms with van der Waals surface area (Å²) in [7, 11) is 0. The molecule has 0 amide bonds. The SMILES string of the molecule is C/C=C/C=C/C(=O)O[C@H]1CC/C=C/[C@H](O)[C@H](O)[C@@H](CCCCC)OC1=O. The molecule has 6 heteroatoms. The van der Waals surface area contributed by atoms with Gasteiger partial charge in [-0.05, 0) is 32.6 Å². The molecule has 0 bridgehead atoms. The number of carbonyl (C=O) groups excluding carboxylic acids is 2. The molecule has 0 fully saturated rings. The fourth-order valence-electron chi connectivity index (χ4n) is 2.59. The number of ether oxygens (including phenoxy) is 2. The van der Waals surface area contributed by atoms with Gasteiger partial charge in [0.2, 0.25) is 0 Å². The third kappa shape index (κ3) is 7.97. The minimum absolute atomic E-state index is 0.253. The van der Waals surface area contributed by atoms with E-state index in [4.69, 9.17) is 9.47 Å². The summed E-state index contributed by atoms with van der Waals surface area (Å²) in [6.07, 6.45) is 8.95. The van der Waals surface area contributed by atoms with E-state index in [2.05, 4.69) is 0 Å². The summed E-state index contributed by atoms with van der Waals surface area (Å²) < 4.78 is 10.6. The maximum Gasteiger partial charge on any atom is 0.347 e. The van der Waals surface area contributed by atoms with Gasteiger partial charge in [0.15, 0.2) is 6.10 Å². The van der Waals surface area contributed by atoms with Crippen LogP contribution in [0.3, 0.4) is 0 Å². The summed E-state index contributed by atoms with van der Waals surface area (Å²) in [6.45, 7) is 3.86. The average Bonchev–Trinajstić information content (AvgIpc) is 2.62. The topological polar surface area (TPSA) is 93.1 Å². The van der Waals surface area contributed by atoms with E-state index in [9.17, 15) is 19.8 Å². The summed E-state index contributed by atoms with van der Waals surface area (Å²) in [5.74, 6) is -1.32. The Morgan fingerprint density at radius 2 is 2.12 bits per heavy atom. The molecule has 0 aromatic rings. The van der Waals surface area contributed by atoms with E-state index < -0.39 is 36.4 Å². The molecule has 0 aliphatic carbocycles. The maximum atomic E-state index is 12.4. The van der Waals surface area contributed by atoms with Crippen molar-refractivity contribution in [2.24, 2.45) is 0 Å². The number of cyclic esters (lactones) is 1. The maximum absolute atomic E-state index is 12.4. The van der Waals surface area contributed by atoms with Crippen LogP contribution in [0.4, 0.5) is 0 Å². The lowest BCUT2D eigenvalue weighted by molar-refractivity contribution is -0.177. The summed E-state index contributed by atoms with van der Waals surface area (Å²) in [6, 6.07) is 0. The molecule has 1 aliphatic rings. The molecule has 0 aromatic heterocycles. The first-order valence-corrected chi connectivity index (χ1v) is 9.22. The van der Waals surface area contributed by atoms with Crippen LogP contribution in [-0.2, 0) is 19.1 Å². The van der Waals surface area contributed by atoms with Gasteiger partial charge in [-0.1, -0.05) is 50.1 Å². The molecule has 1 aliphatic heterocycles. The van der Waals surface area contributed by atoms with Gasteiger partial charge >= 0.3 is 11.9 Å². The number of carbonyl (C=O) groups is 2. The standard InChI is InChI=1S/C20H30O6/c1-3-5-7-12-16-19(23)15(21)11-9-10-13-17(20(24)26-16)25-18(22)14-8-6-4-2/h4,6,8-9,11,14-17,19,21,23H,3,5,7,10,12-13H2,1-2H3/b6-4+,11-9+,14-8+/t15-,16+,17-,19-/m0/s1. The minimum atomic E-state index is -1.21. The Morgan fingerprint density at radius 3 is 2.81 bits per heavy atom. The number of aliphatic hydroxyl groups excluding tert-OH is 2. The lowest BCUT2D eigenvalue weighted by Gasteiger charge is -2.28. The van der Waals surface area contributed by atoms with Gasteiger partial charge in [0.05, 0.1) is 0 Å². The van der Waals surface area contributed by atoms with Crippen LogP contribution in [0.2, 0.25) is 0 Å². The van der Waals surface area contributed by atoms with Crippen molar-refractivity contribution in [1.82, 2.24) is 0 Å². The second-order valence-electron chi connectivity index (χ2n) is 6.27. The van der Waals surface area contributed by atoms with Crippen molar-refractivity contribution in [3.63, 3.8) is 0 Å². The van der Waals surface area contributed by atoms with Crippen LogP contribution in [0.25, 0.3) is 0 Å². The van der Waals surface area contributed by atoms with E-state index in [1.165, 1.54) is 18.2 Å². The van der Waals surface area contributed by atoms with Crippen molar-refractivity contribution in [3.8, 4) is 0 Å². The van der Waals surface area contributed by atoms with E-state index >= 15 is 0 Å². The summed E-state index contributed by atoms with van der Waals surface area (Å²) in [5, 5.41) is 20.3. The van der Waals surface area contributed by atoms with Gasteiger partial charge < -0.3 is 19.7 Å². The molecule has 6 nitrogen and oxygen atoms in total. The van der Waals surface area contributed by atoms with Crippen molar-refractivity contribution in [2.75, 3.05) is 0 Å². The highest BCUT2D eigenvalue weighted by Crippen LogP contribution is 2.19. The number of esters is 2. The average molecular weight is 366 g/mol. The Labute approximate surface area is 155 Å². The minimum Gasteiger partial charge on any atom is -0.457 e. The van der Waals surface area contributed by atoms with Crippen LogP contribution in [0, 0.1) is 0 Å². The van der Waals surface area contributed by atoms with Gasteiger partial charge in [0.1, 0.15) is 18.3 Å². The van der Waals surface area contributed by atoms with Crippen LogP contribution in [-0.4, -0.2) is 46.6 Å². The molecular formula is C20H30O6. The van der Waals surface area contributed by atoms with Crippen LogP contribution in [0.1, 0.15) is 52.4 Å². The molecule has 0 radical (unpaired) electrons. The van der Waals surface area contributed by atoms with Crippen LogP contribution in [0.15, 0.2) is 36.5 Å². The van der Waals surface area contributed by atoms with Crippen LogP contribution < -0.4 is 0 Å². The highest BCUT2D eigenvalue weighted by atomic mass is 16.6. The fourth-order valence-corrected chi connectivity index (χ4v) is 2.59. The third-order valence-corrected chi connectivity index (χ3v) is 4.08. The first kappa shape index (κ1) is 22.1. The zero-order valence-corrected chi connectivity index (χ0v) is 15.5. The predicted octanol–water partition coefficient (Wildman–Crippen LogP) is 2.59. The molecular weight excluding hydrogens is 336 g/mol.